The molecule has 4 aliphatic carbocycles. The van der Waals surface area contributed by atoms with E-state index in [0.29, 0.717) is 6.54 Å². The van der Waals surface area contributed by atoms with Crippen LogP contribution >= 0.6 is 0 Å². The predicted molar refractivity (Wildman–Crippen MR) is 222 cm³/mol. The molecule has 0 aromatic heterocycles. The Kier molecular flexibility index (Phi) is 10.4. The Morgan fingerprint density at radius 1 is 0.750 bits per heavy atom. The molecule has 1 aliphatic heterocycles. The van der Waals surface area contributed by atoms with Gasteiger partial charge in [0.05, 0.1) is 18.8 Å². The Balaban J connectivity index is 0.869. The number of fused-ring (bicyclic) bond motifs is 1. The zero-order chi connectivity index (χ0) is 38.2. The van der Waals surface area contributed by atoms with Crippen LogP contribution in [-0.2, 0) is 22.6 Å². The SMILES string of the molecule is C[C@H](c1ccc2ccccc2c1)N(C)C[C@H]1C[C@@H](c2ccc(CO)cc2)O[C@@H](c2ccc(-c3cccc(CNC(=O)NC45CC6CC(CC(C6)C4)C5)c3)cc2)O1. The topological polar surface area (TPSA) is 83.1 Å². The molecule has 1 heterocycles. The van der Waals surface area contributed by atoms with E-state index in [4.69, 9.17) is 9.47 Å². The fourth-order valence-corrected chi connectivity index (χ4v) is 10.7. The first-order valence-electron chi connectivity index (χ1n) is 20.7. The number of urea groups is 1. The summed E-state index contributed by atoms with van der Waals surface area (Å²) in [6, 6.07) is 40.4. The molecule has 4 saturated carbocycles. The molecule has 0 radical (unpaired) electrons. The molecule has 4 atom stereocenters. The summed E-state index contributed by atoms with van der Waals surface area (Å²) in [5.41, 5.74) is 7.50. The third-order valence-electron chi connectivity index (χ3n) is 13.3. The number of carbonyl (C=O) groups is 1. The molecule has 10 rings (SSSR count). The number of amides is 2. The fraction of sp³-hybridized carbons (Fsp3) is 0.408. The van der Waals surface area contributed by atoms with Gasteiger partial charge in [-0.15, -0.1) is 0 Å². The number of nitrogens with one attached hydrogen (secondary N) is 2. The van der Waals surface area contributed by atoms with E-state index in [1.165, 1.54) is 35.6 Å². The summed E-state index contributed by atoms with van der Waals surface area (Å²) < 4.78 is 13.4. The predicted octanol–water partition coefficient (Wildman–Crippen LogP) is 10.0. The van der Waals surface area contributed by atoms with Crippen molar-refractivity contribution < 1.29 is 19.4 Å². The largest absolute Gasteiger partial charge is 0.392 e. The molecule has 56 heavy (non-hydrogen) atoms. The lowest BCUT2D eigenvalue weighted by atomic mass is 9.53. The summed E-state index contributed by atoms with van der Waals surface area (Å²) in [7, 11) is 2.17. The average molecular weight is 750 g/mol. The zero-order valence-corrected chi connectivity index (χ0v) is 32.7. The van der Waals surface area contributed by atoms with Crippen molar-refractivity contribution in [1.82, 2.24) is 15.5 Å². The van der Waals surface area contributed by atoms with Gasteiger partial charge in [0.25, 0.3) is 0 Å². The molecule has 290 valence electrons. The molecule has 5 fully saturated rings. The molecule has 4 bridgehead atoms. The molecule has 0 unspecified atom stereocenters. The fourth-order valence-electron chi connectivity index (χ4n) is 10.7. The van der Waals surface area contributed by atoms with E-state index >= 15 is 0 Å². The van der Waals surface area contributed by atoms with Crippen LogP contribution in [0.5, 0.6) is 0 Å². The summed E-state index contributed by atoms with van der Waals surface area (Å²) >= 11 is 0. The molecular weight excluding hydrogens is 695 g/mol. The Hall–Kier alpha value is -4.53. The van der Waals surface area contributed by atoms with Gasteiger partial charge in [-0.1, -0.05) is 103 Å². The molecule has 7 nitrogen and oxygen atoms in total. The number of likely N-dealkylation sites (N-methyl/N-ethyl adjacent to an activating group) is 1. The monoisotopic (exact) mass is 749 g/mol. The van der Waals surface area contributed by atoms with E-state index in [9.17, 15) is 9.90 Å². The Bertz CT molecular complexity index is 2110. The van der Waals surface area contributed by atoms with Gasteiger partial charge in [0.2, 0.25) is 0 Å². The maximum absolute atomic E-state index is 13.2. The van der Waals surface area contributed by atoms with Crippen molar-refractivity contribution in [2.24, 2.45) is 17.8 Å². The molecular formula is C49H55N3O4. The van der Waals surface area contributed by atoms with E-state index in [-0.39, 0.29) is 36.4 Å². The number of carbonyl (C=O) groups excluding carboxylic acids is 1. The molecule has 5 aromatic carbocycles. The summed E-state index contributed by atoms with van der Waals surface area (Å²) in [5, 5.41) is 18.8. The molecule has 3 N–H and O–H groups in total. The van der Waals surface area contributed by atoms with Crippen LogP contribution in [0, 0.1) is 17.8 Å². The van der Waals surface area contributed by atoms with Crippen molar-refractivity contribution in [2.45, 2.75) is 95.1 Å². The lowest BCUT2D eigenvalue weighted by molar-refractivity contribution is -0.253. The van der Waals surface area contributed by atoms with Crippen LogP contribution in [-0.4, -0.2) is 41.3 Å². The van der Waals surface area contributed by atoms with Crippen LogP contribution in [0.25, 0.3) is 21.9 Å². The standard InChI is InChI=1S/C49H55N3O4/c1-32(42-19-16-38-7-3-4-8-44(38)24-42)52(2)30-45-25-46(40-12-10-33(31-53)11-13-40)56-47(55-45)41-17-14-39(15-18-41)43-9-5-6-34(23-43)29-50-48(54)51-49-26-35-20-36(27-49)22-37(21-35)28-49/h3-19,23-24,32,35-37,45-47,53H,20-22,25-31H2,1-2H3,(H2,50,51,54)/t32-,35?,36?,37?,45-,46+,47+,49?/m1/s1. The van der Waals surface area contributed by atoms with Gasteiger partial charge < -0.3 is 25.2 Å². The number of aliphatic hydroxyl groups excluding tert-OH is 1. The Morgan fingerprint density at radius 3 is 2.16 bits per heavy atom. The molecule has 5 aliphatic rings. The van der Waals surface area contributed by atoms with Crippen LogP contribution < -0.4 is 10.6 Å². The number of ether oxygens (including phenoxy) is 2. The van der Waals surface area contributed by atoms with Gasteiger partial charge in [0, 0.05) is 36.7 Å². The minimum absolute atomic E-state index is 0.00496. The minimum Gasteiger partial charge on any atom is -0.392 e. The smallest absolute Gasteiger partial charge is 0.315 e. The summed E-state index contributed by atoms with van der Waals surface area (Å²) in [4.78, 5) is 15.5. The van der Waals surface area contributed by atoms with Crippen LogP contribution in [0.15, 0.2) is 115 Å². The summed E-state index contributed by atoms with van der Waals surface area (Å²) in [5.74, 6) is 2.39. The number of rotatable bonds is 11. The van der Waals surface area contributed by atoms with Crippen molar-refractivity contribution in [3.8, 4) is 11.1 Å². The van der Waals surface area contributed by atoms with Gasteiger partial charge >= 0.3 is 6.03 Å². The minimum atomic E-state index is -0.530. The molecule has 2 amide bonds. The first kappa shape index (κ1) is 37.1. The van der Waals surface area contributed by atoms with Crippen LogP contribution in [0.1, 0.15) is 98.1 Å². The maximum Gasteiger partial charge on any atom is 0.315 e. The van der Waals surface area contributed by atoms with Gasteiger partial charge in [0.1, 0.15) is 0 Å². The second-order valence-electron chi connectivity index (χ2n) is 17.4. The number of nitrogens with zero attached hydrogens (tertiary/aromatic N) is 1. The highest BCUT2D eigenvalue weighted by atomic mass is 16.7. The maximum atomic E-state index is 13.2. The van der Waals surface area contributed by atoms with Gasteiger partial charge in [-0.25, -0.2) is 4.79 Å². The second kappa shape index (κ2) is 15.8. The van der Waals surface area contributed by atoms with E-state index < -0.39 is 6.29 Å². The van der Waals surface area contributed by atoms with E-state index in [0.717, 1.165) is 83.4 Å². The van der Waals surface area contributed by atoms with Gasteiger partial charge in [-0.05, 0) is 127 Å². The van der Waals surface area contributed by atoms with Crippen molar-refractivity contribution in [3.05, 3.63) is 143 Å². The van der Waals surface area contributed by atoms with E-state index in [2.05, 4.69) is 133 Å². The number of aliphatic hydroxyl groups is 1. The Labute approximate surface area is 331 Å². The first-order chi connectivity index (χ1) is 27.3. The lowest BCUT2D eigenvalue weighted by Crippen LogP contribution is -2.61. The van der Waals surface area contributed by atoms with Gasteiger partial charge in [-0.3, -0.25) is 4.90 Å². The summed E-state index contributed by atoms with van der Waals surface area (Å²) in [6.07, 6.45) is 7.52. The number of benzene rings is 5. The van der Waals surface area contributed by atoms with Crippen LogP contribution in [0.3, 0.4) is 0 Å². The highest BCUT2D eigenvalue weighted by Gasteiger charge is 2.51. The lowest BCUT2D eigenvalue weighted by Gasteiger charge is -2.56. The highest BCUT2D eigenvalue weighted by Crippen LogP contribution is 2.55. The number of hydrogen-bond acceptors (Lipinski definition) is 5. The summed E-state index contributed by atoms with van der Waals surface area (Å²) in [6.45, 7) is 3.51. The molecule has 7 heteroatoms. The van der Waals surface area contributed by atoms with Crippen molar-refractivity contribution in [1.29, 1.82) is 0 Å². The van der Waals surface area contributed by atoms with Crippen LogP contribution in [0.2, 0.25) is 0 Å². The zero-order valence-electron chi connectivity index (χ0n) is 32.7. The average Bonchev–Trinajstić information content (AvgIpc) is 3.22. The number of hydrogen-bond donors (Lipinski definition) is 3. The second-order valence-corrected chi connectivity index (χ2v) is 17.4. The first-order valence-corrected chi connectivity index (χ1v) is 20.7. The van der Waals surface area contributed by atoms with E-state index in [1.807, 2.05) is 12.1 Å². The van der Waals surface area contributed by atoms with Crippen molar-refractivity contribution in [3.63, 3.8) is 0 Å². The molecule has 5 aromatic rings. The van der Waals surface area contributed by atoms with Crippen molar-refractivity contribution >= 4 is 16.8 Å². The molecule has 0 spiro atoms. The third-order valence-corrected chi connectivity index (χ3v) is 13.3. The quantitative estimate of drug-likeness (QED) is 0.125. The third kappa shape index (κ3) is 8.01. The van der Waals surface area contributed by atoms with Gasteiger partial charge in [0.15, 0.2) is 6.29 Å². The highest BCUT2D eigenvalue weighted by molar-refractivity contribution is 5.83. The normalized spacial score (nSPS) is 27.4. The van der Waals surface area contributed by atoms with Crippen molar-refractivity contribution in [2.75, 3.05) is 13.6 Å². The van der Waals surface area contributed by atoms with E-state index in [1.54, 1.807) is 0 Å². The molecule has 1 saturated heterocycles. The van der Waals surface area contributed by atoms with Crippen LogP contribution in [0.4, 0.5) is 4.79 Å². The van der Waals surface area contributed by atoms with Gasteiger partial charge in [-0.2, -0.15) is 0 Å². The Morgan fingerprint density at radius 2 is 1.45 bits per heavy atom.